The Balaban J connectivity index is 1.64. The van der Waals surface area contributed by atoms with Crippen LogP contribution in [0, 0.1) is 11.8 Å². The molecule has 4 nitrogen and oxygen atoms in total. The zero-order chi connectivity index (χ0) is 15.0. The van der Waals surface area contributed by atoms with Gasteiger partial charge in [-0.25, -0.2) is 4.79 Å². The summed E-state index contributed by atoms with van der Waals surface area (Å²) < 4.78 is 5.70. The van der Waals surface area contributed by atoms with Gasteiger partial charge in [-0.3, -0.25) is 0 Å². The molecular formula is C17H20O4. The minimum atomic E-state index is -0.980. The van der Waals surface area contributed by atoms with Crippen molar-refractivity contribution >= 4 is 5.97 Å². The molecule has 2 aliphatic rings. The Morgan fingerprint density at radius 1 is 1.33 bits per heavy atom. The number of carboxylic acids is 1. The molecule has 4 heteroatoms. The Bertz CT molecular complexity index is 539. The smallest absolute Gasteiger partial charge is 0.327 e. The fourth-order valence-corrected chi connectivity index (χ4v) is 3.51. The minimum Gasteiger partial charge on any atom is -0.478 e. The van der Waals surface area contributed by atoms with E-state index < -0.39 is 12.1 Å². The van der Waals surface area contributed by atoms with Gasteiger partial charge in [-0.05, 0) is 17.9 Å². The molecule has 0 radical (unpaired) electrons. The van der Waals surface area contributed by atoms with E-state index in [0.29, 0.717) is 24.4 Å². The molecule has 1 saturated carbocycles. The molecule has 2 N–H and O–H groups in total. The van der Waals surface area contributed by atoms with Crippen molar-refractivity contribution in [1.82, 2.24) is 0 Å². The van der Waals surface area contributed by atoms with Gasteiger partial charge in [0.15, 0.2) is 0 Å². The van der Waals surface area contributed by atoms with Gasteiger partial charge < -0.3 is 14.9 Å². The van der Waals surface area contributed by atoms with Crippen molar-refractivity contribution in [2.24, 2.45) is 11.8 Å². The van der Waals surface area contributed by atoms with Gasteiger partial charge in [-0.2, -0.15) is 0 Å². The van der Waals surface area contributed by atoms with Gasteiger partial charge in [-0.15, -0.1) is 0 Å². The van der Waals surface area contributed by atoms with E-state index >= 15 is 0 Å². The maximum absolute atomic E-state index is 10.5. The normalized spacial score (nSPS) is 33.0. The SMILES string of the molecule is C[C@H]([C@H]1[C@@H]2OC2[C@@H]1c1ccccc1)[C@@H](O)C/C=C/C(=O)O. The van der Waals surface area contributed by atoms with Crippen LogP contribution in [0.4, 0.5) is 0 Å². The number of rotatable bonds is 6. The van der Waals surface area contributed by atoms with E-state index in [1.54, 1.807) is 0 Å². The van der Waals surface area contributed by atoms with Crippen LogP contribution in [0.3, 0.4) is 0 Å². The lowest BCUT2D eigenvalue weighted by molar-refractivity contribution is -0.131. The first-order valence-corrected chi connectivity index (χ1v) is 7.37. The molecule has 1 heterocycles. The van der Waals surface area contributed by atoms with Gasteiger partial charge in [0.2, 0.25) is 0 Å². The third-order valence-corrected chi connectivity index (χ3v) is 4.75. The Hall–Kier alpha value is -1.65. The highest BCUT2D eigenvalue weighted by molar-refractivity contribution is 5.79. The highest BCUT2D eigenvalue weighted by Gasteiger charge is 2.65. The van der Waals surface area contributed by atoms with Crippen molar-refractivity contribution < 1.29 is 19.7 Å². The number of carboxylic acid groups (broad SMARTS) is 1. The molecule has 1 aliphatic carbocycles. The molecule has 1 aromatic carbocycles. The number of aliphatic carboxylic acids is 1. The van der Waals surface area contributed by atoms with Crippen LogP contribution in [0.1, 0.15) is 24.8 Å². The van der Waals surface area contributed by atoms with Crippen LogP contribution in [-0.4, -0.2) is 34.5 Å². The second kappa shape index (κ2) is 5.62. The summed E-state index contributed by atoms with van der Waals surface area (Å²) in [5, 5.41) is 18.8. The first kappa shape index (κ1) is 14.3. The Morgan fingerprint density at radius 2 is 2.05 bits per heavy atom. The third kappa shape index (κ3) is 2.74. The van der Waals surface area contributed by atoms with Crippen LogP contribution < -0.4 is 0 Å². The van der Waals surface area contributed by atoms with E-state index in [-0.39, 0.29) is 12.0 Å². The molecular weight excluding hydrogens is 268 g/mol. The summed E-state index contributed by atoms with van der Waals surface area (Å²) in [5.41, 5.74) is 1.27. The van der Waals surface area contributed by atoms with E-state index in [9.17, 15) is 9.90 Å². The average molecular weight is 288 g/mol. The molecule has 1 saturated heterocycles. The first-order chi connectivity index (χ1) is 10.1. The third-order valence-electron chi connectivity index (χ3n) is 4.75. The predicted octanol–water partition coefficient (Wildman–Crippen LogP) is 2.20. The van der Waals surface area contributed by atoms with Crippen LogP contribution >= 0.6 is 0 Å². The lowest BCUT2D eigenvalue weighted by Gasteiger charge is -2.38. The van der Waals surface area contributed by atoms with Crippen molar-refractivity contribution in [2.75, 3.05) is 0 Å². The van der Waals surface area contributed by atoms with Crippen molar-refractivity contribution in [1.29, 1.82) is 0 Å². The summed E-state index contributed by atoms with van der Waals surface area (Å²) in [5.74, 6) is -0.237. The molecule has 1 aromatic rings. The van der Waals surface area contributed by atoms with E-state index in [1.165, 1.54) is 11.6 Å². The topological polar surface area (TPSA) is 70.1 Å². The Kier molecular flexibility index (Phi) is 3.83. The fraction of sp³-hybridized carbons (Fsp3) is 0.471. The zero-order valence-electron chi connectivity index (χ0n) is 11.9. The molecule has 1 unspecified atom stereocenters. The highest BCUT2D eigenvalue weighted by atomic mass is 16.6. The van der Waals surface area contributed by atoms with Crippen molar-refractivity contribution in [3.8, 4) is 0 Å². The maximum Gasteiger partial charge on any atom is 0.327 e. The summed E-state index contributed by atoms with van der Waals surface area (Å²) in [6.45, 7) is 2.03. The van der Waals surface area contributed by atoms with E-state index in [0.717, 1.165) is 6.08 Å². The van der Waals surface area contributed by atoms with Gasteiger partial charge in [-0.1, -0.05) is 43.3 Å². The second-order valence-corrected chi connectivity index (χ2v) is 5.98. The second-order valence-electron chi connectivity index (χ2n) is 5.98. The molecule has 0 bridgehead atoms. The average Bonchev–Trinajstić information content (AvgIpc) is 3.13. The van der Waals surface area contributed by atoms with Gasteiger partial charge in [0.25, 0.3) is 0 Å². The molecule has 112 valence electrons. The lowest BCUT2D eigenvalue weighted by atomic mass is 9.63. The van der Waals surface area contributed by atoms with Gasteiger partial charge >= 0.3 is 5.97 Å². The molecule has 2 fully saturated rings. The Labute approximate surface area is 124 Å². The summed E-state index contributed by atoms with van der Waals surface area (Å²) in [6.07, 6.45) is 3.00. The van der Waals surface area contributed by atoms with Crippen molar-refractivity contribution in [3.05, 3.63) is 48.0 Å². The molecule has 0 aromatic heterocycles. The number of hydrogen-bond acceptors (Lipinski definition) is 3. The monoisotopic (exact) mass is 288 g/mol. The van der Waals surface area contributed by atoms with Crippen molar-refractivity contribution in [2.45, 2.75) is 37.6 Å². The van der Waals surface area contributed by atoms with Crippen molar-refractivity contribution in [3.63, 3.8) is 0 Å². The van der Waals surface area contributed by atoms with Crippen LogP contribution in [-0.2, 0) is 9.53 Å². The molecule has 6 atom stereocenters. The molecule has 0 amide bonds. The van der Waals surface area contributed by atoms with E-state index in [4.69, 9.17) is 9.84 Å². The number of aliphatic hydroxyl groups is 1. The number of ether oxygens (including phenoxy) is 1. The predicted molar refractivity (Wildman–Crippen MR) is 77.9 cm³/mol. The van der Waals surface area contributed by atoms with E-state index in [2.05, 4.69) is 12.1 Å². The standard InChI is InChI=1S/C17H20O4/c1-10(12(18)8-5-9-13(19)20)14-15(17-16(14)21-17)11-6-3-2-4-7-11/h2-7,9-10,12,14-18H,8H2,1H3,(H,19,20)/b9-5+/t10-,12-,14+,15+,16-,17?/m0/s1. The highest BCUT2D eigenvalue weighted by Crippen LogP contribution is 2.60. The maximum atomic E-state index is 10.5. The van der Waals surface area contributed by atoms with Crippen LogP contribution in [0.2, 0.25) is 0 Å². The number of aliphatic hydroxyl groups excluding tert-OH is 1. The van der Waals surface area contributed by atoms with Crippen LogP contribution in [0.5, 0.6) is 0 Å². The lowest BCUT2D eigenvalue weighted by Crippen LogP contribution is -2.43. The fourth-order valence-electron chi connectivity index (χ4n) is 3.51. The largest absolute Gasteiger partial charge is 0.478 e. The van der Waals surface area contributed by atoms with Gasteiger partial charge in [0.05, 0.1) is 18.3 Å². The Morgan fingerprint density at radius 3 is 2.71 bits per heavy atom. The number of epoxide rings is 1. The van der Waals surface area contributed by atoms with Gasteiger partial charge in [0.1, 0.15) is 0 Å². The summed E-state index contributed by atoms with van der Waals surface area (Å²) in [4.78, 5) is 10.5. The number of hydrogen-bond donors (Lipinski definition) is 2. The molecule has 3 rings (SSSR count). The quantitative estimate of drug-likeness (QED) is 0.622. The first-order valence-electron chi connectivity index (χ1n) is 7.37. The van der Waals surface area contributed by atoms with Gasteiger partial charge in [0, 0.05) is 17.9 Å². The molecule has 1 aliphatic heterocycles. The minimum absolute atomic E-state index is 0.0809. The summed E-state index contributed by atoms with van der Waals surface area (Å²) in [7, 11) is 0. The number of benzene rings is 1. The van der Waals surface area contributed by atoms with Crippen LogP contribution in [0.25, 0.3) is 0 Å². The summed E-state index contributed by atoms with van der Waals surface area (Å²) in [6, 6.07) is 10.3. The van der Waals surface area contributed by atoms with Crippen LogP contribution in [0.15, 0.2) is 42.5 Å². The molecule has 21 heavy (non-hydrogen) atoms. The zero-order valence-corrected chi connectivity index (χ0v) is 11.9. The summed E-state index contributed by atoms with van der Waals surface area (Å²) >= 11 is 0. The number of carbonyl (C=O) groups is 1. The molecule has 0 spiro atoms. The van der Waals surface area contributed by atoms with E-state index in [1.807, 2.05) is 25.1 Å². The number of fused-ring (bicyclic) bond motifs is 1.